The molecule has 2 rings (SSSR count). The lowest BCUT2D eigenvalue weighted by molar-refractivity contribution is -0.123. The van der Waals surface area contributed by atoms with Crippen molar-refractivity contribution in [3.05, 3.63) is 23.8 Å². The number of ether oxygens (including phenoxy) is 2. The van der Waals surface area contributed by atoms with Crippen molar-refractivity contribution >= 4 is 17.7 Å². The molecule has 0 radical (unpaired) electrons. The molecule has 0 saturated heterocycles. The Morgan fingerprint density at radius 1 is 0.643 bits per heavy atom. The normalized spacial score (nSPS) is 11.0. The standard InChI is InChI=1S/C28H49N9O5/c1-3-5-6-13-29-28(40)12-11-25-23-37(35-33-25)17-21-42-19-15-31-27(39)10-7-9-26(38)30-14-18-41-20-16-36-22-24(8-4-2)32-34-36/h22-23H,3-21H2,1-2H3,(H,29,40)(H,30,38)(H,31,39). The summed E-state index contributed by atoms with van der Waals surface area (Å²) in [4.78, 5) is 35.8. The minimum absolute atomic E-state index is 0.0345. The zero-order valence-corrected chi connectivity index (χ0v) is 25.3. The van der Waals surface area contributed by atoms with Gasteiger partial charge in [0.2, 0.25) is 17.7 Å². The molecule has 0 aliphatic carbocycles. The van der Waals surface area contributed by atoms with E-state index in [4.69, 9.17) is 9.47 Å². The summed E-state index contributed by atoms with van der Waals surface area (Å²) in [6, 6.07) is 0. The van der Waals surface area contributed by atoms with Gasteiger partial charge in [-0.1, -0.05) is 43.5 Å². The number of hydrogen-bond donors (Lipinski definition) is 3. The molecule has 14 heteroatoms. The maximum atomic E-state index is 12.0. The van der Waals surface area contributed by atoms with Crippen molar-refractivity contribution in [2.24, 2.45) is 0 Å². The van der Waals surface area contributed by atoms with Crippen LogP contribution in [0.25, 0.3) is 0 Å². The summed E-state index contributed by atoms with van der Waals surface area (Å²) in [6.45, 7) is 8.65. The van der Waals surface area contributed by atoms with E-state index in [-0.39, 0.29) is 30.6 Å². The molecule has 0 aliphatic heterocycles. The highest BCUT2D eigenvalue weighted by atomic mass is 16.5. The largest absolute Gasteiger partial charge is 0.378 e. The van der Waals surface area contributed by atoms with Crippen LogP contribution < -0.4 is 16.0 Å². The fourth-order valence-electron chi connectivity index (χ4n) is 3.95. The molecule has 3 amide bonds. The number of amides is 3. The van der Waals surface area contributed by atoms with E-state index in [1.54, 1.807) is 9.36 Å². The highest BCUT2D eigenvalue weighted by Crippen LogP contribution is 2.00. The number of hydrogen-bond acceptors (Lipinski definition) is 9. The van der Waals surface area contributed by atoms with E-state index in [0.29, 0.717) is 71.9 Å². The summed E-state index contributed by atoms with van der Waals surface area (Å²) in [5.74, 6) is -0.176. The molecule has 0 saturated carbocycles. The van der Waals surface area contributed by atoms with Gasteiger partial charge in [-0.15, -0.1) is 10.2 Å². The van der Waals surface area contributed by atoms with Gasteiger partial charge in [0.05, 0.1) is 50.9 Å². The lowest BCUT2D eigenvalue weighted by Gasteiger charge is -2.08. The van der Waals surface area contributed by atoms with Crippen LogP contribution in [0.2, 0.25) is 0 Å². The second kappa shape index (κ2) is 22.2. The Bertz CT molecular complexity index is 1030. The van der Waals surface area contributed by atoms with Gasteiger partial charge in [-0.3, -0.25) is 14.4 Å². The number of nitrogens with zero attached hydrogens (tertiary/aromatic N) is 6. The molecule has 0 atom stereocenters. The molecule has 0 spiro atoms. The van der Waals surface area contributed by atoms with Gasteiger partial charge in [-0.05, 0) is 19.3 Å². The Morgan fingerprint density at radius 3 is 1.71 bits per heavy atom. The third-order valence-electron chi connectivity index (χ3n) is 6.26. The van der Waals surface area contributed by atoms with Gasteiger partial charge < -0.3 is 25.4 Å². The quantitative estimate of drug-likeness (QED) is 0.144. The van der Waals surface area contributed by atoms with E-state index in [1.165, 1.54) is 0 Å². The van der Waals surface area contributed by atoms with E-state index < -0.39 is 0 Å². The first-order chi connectivity index (χ1) is 20.5. The van der Waals surface area contributed by atoms with Crippen LogP contribution in [0.4, 0.5) is 0 Å². The van der Waals surface area contributed by atoms with Crippen molar-refractivity contribution in [1.29, 1.82) is 0 Å². The van der Waals surface area contributed by atoms with Crippen molar-refractivity contribution in [1.82, 2.24) is 45.9 Å². The van der Waals surface area contributed by atoms with Crippen LogP contribution in [-0.2, 0) is 49.8 Å². The van der Waals surface area contributed by atoms with Crippen LogP contribution in [0.1, 0.15) is 76.6 Å². The molecule has 3 N–H and O–H groups in total. The number of carbonyl (C=O) groups excluding carboxylic acids is 3. The number of carbonyl (C=O) groups is 3. The highest BCUT2D eigenvalue weighted by molar-refractivity contribution is 5.78. The zero-order chi connectivity index (χ0) is 30.3. The molecule has 2 aromatic heterocycles. The summed E-state index contributed by atoms with van der Waals surface area (Å²) in [5.41, 5.74) is 1.75. The Morgan fingerprint density at radius 2 is 1.17 bits per heavy atom. The Hall–Kier alpha value is -3.39. The molecule has 0 aromatic carbocycles. The number of nitrogens with one attached hydrogen (secondary N) is 3. The van der Waals surface area contributed by atoms with E-state index in [0.717, 1.165) is 50.0 Å². The van der Waals surface area contributed by atoms with Crippen molar-refractivity contribution in [2.45, 2.75) is 91.1 Å². The molecule has 2 heterocycles. The Labute approximate surface area is 248 Å². The van der Waals surface area contributed by atoms with E-state index in [2.05, 4.69) is 50.4 Å². The van der Waals surface area contributed by atoms with E-state index in [9.17, 15) is 14.4 Å². The van der Waals surface area contributed by atoms with Crippen LogP contribution in [0, 0.1) is 0 Å². The predicted octanol–water partition coefficient (Wildman–Crippen LogP) is 1.20. The van der Waals surface area contributed by atoms with Gasteiger partial charge >= 0.3 is 0 Å². The predicted molar refractivity (Wildman–Crippen MR) is 156 cm³/mol. The maximum Gasteiger partial charge on any atom is 0.220 e. The molecular weight excluding hydrogens is 542 g/mol. The summed E-state index contributed by atoms with van der Waals surface area (Å²) in [6.07, 6.45) is 10.9. The average molecular weight is 592 g/mol. The van der Waals surface area contributed by atoms with Crippen LogP contribution in [0.3, 0.4) is 0 Å². The average Bonchev–Trinajstić information content (AvgIpc) is 3.63. The van der Waals surface area contributed by atoms with Gasteiger partial charge in [-0.2, -0.15) is 0 Å². The van der Waals surface area contributed by atoms with Gasteiger partial charge in [0, 0.05) is 57.7 Å². The fraction of sp³-hybridized carbons (Fsp3) is 0.750. The molecule has 14 nitrogen and oxygen atoms in total. The first kappa shape index (κ1) is 34.8. The molecule has 0 bridgehead atoms. The van der Waals surface area contributed by atoms with Gasteiger partial charge in [0.25, 0.3) is 0 Å². The fourth-order valence-corrected chi connectivity index (χ4v) is 3.95. The second-order valence-corrected chi connectivity index (χ2v) is 10.0. The van der Waals surface area contributed by atoms with Crippen LogP contribution in [0.5, 0.6) is 0 Å². The maximum absolute atomic E-state index is 12.0. The molecule has 2 aromatic rings. The second-order valence-electron chi connectivity index (χ2n) is 10.0. The van der Waals surface area contributed by atoms with Crippen molar-refractivity contribution in [3.63, 3.8) is 0 Å². The van der Waals surface area contributed by atoms with Gasteiger partial charge in [-0.25, -0.2) is 9.36 Å². The summed E-state index contributed by atoms with van der Waals surface area (Å²) in [7, 11) is 0. The molecule has 0 fully saturated rings. The van der Waals surface area contributed by atoms with Crippen molar-refractivity contribution in [3.8, 4) is 0 Å². The number of aromatic nitrogens is 6. The SMILES string of the molecule is CCCCCNC(=O)CCc1cn(CCOCCNC(=O)CCCC(=O)NCCOCCn2cc(CCC)nn2)nn1. The minimum Gasteiger partial charge on any atom is -0.378 e. The zero-order valence-electron chi connectivity index (χ0n) is 25.3. The monoisotopic (exact) mass is 591 g/mol. The first-order valence-electron chi connectivity index (χ1n) is 15.2. The van der Waals surface area contributed by atoms with E-state index >= 15 is 0 Å². The molecule has 0 aliphatic rings. The number of unbranched alkanes of at least 4 members (excludes halogenated alkanes) is 2. The minimum atomic E-state index is -0.111. The lowest BCUT2D eigenvalue weighted by atomic mass is 10.2. The van der Waals surface area contributed by atoms with Crippen LogP contribution >= 0.6 is 0 Å². The topological polar surface area (TPSA) is 167 Å². The van der Waals surface area contributed by atoms with Crippen LogP contribution in [0.15, 0.2) is 12.4 Å². The summed E-state index contributed by atoms with van der Waals surface area (Å²) >= 11 is 0. The van der Waals surface area contributed by atoms with E-state index in [1.807, 2.05) is 12.4 Å². The molecule has 236 valence electrons. The summed E-state index contributed by atoms with van der Waals surface area (Å²) < 4.78 is 14.5. The molecule has 42 heavy (non-hydrogen) atoms. The first-order valence-corrected chi connectivity index (χ1v) is 15.2. The highest BCUT2D eigenvalue weighted by Gasteiger charge is 2.07. The van der Waals surface area contributed by atoms with Crippen molar-refractivity contribution in [2.75, 3.05) is 46.1 Å². The lowest BCUT2D eigenvalue weighted by Crippen LogP contribution is -2.29. The van der Waals surface area contributed by atoms with Gasteiger partial charge in [0.1, 0.15) is 0 Å². The Balaban J connectivity index is 1.38. The molecular formula is C28H49N9O5. The Kier molecular flexibility index (Phi) is 18.4. The van der Waals surface area contributed by atoms with Crippen molar-refractivity contribution < 1.29 is 23.9 Å². The van der Waals surface area contributed by atoms with Crippen LogP contribution in [-0.4, -0.2) is 93.8 Å². The van der Waals surface area contributed by atoms with Gasteiger partial charge in [0.15, 0.2) is 0 Å². The summed E-state index contributed by atoms with van der Waals surface area (Å²) in [5, 5.41) is 24.8. The smallest absolute Gasteiger partial charge is 0.220 e. The number of aryl methyl sites for hydroxylation is 2. The third-order valence-corrected chi connectivity index (χ3v) is 6.26. The molecule has 0 unspecified atom stereocenters. The number of rotatable bonds is 25. The third kappa shape index (κ3) is 16.8.